The maximum Gasteiger partial charge on any atom is 0.271 e. The van der Waals surface area contributed by atoms with Crippen LogP contribution in [-0.4, -0.2) is 8.42 Å². The largest absolute Gasteiger partial charge is 0.278 e. The molecule has 0 unspecified atom stereocenters. The summed E-state index contributed by atoms with van der Waals surface area (Å²) < 4.78 is 28.0. The summed E-state index contributed by atoms with van der Waals surface area (Å²) in [6.07, 6.45) is 0. The van der Waals surface area contributed by atoms with Crippen LogP contribution >= 0.6 is 54.8 Å². The Labute approximate surface area is 141 Å². The first-order chi connectivity index (χ1) is 9.33. The van der Waals surface area contributed by atoms with Crippen molar-refractivity contribution < 1.29 is 8.42 Å². The number of thiophene rings is 1. The van der Waals surface area contributed by atoms with Gasteiger partial charge < -0.3 is 0 Å². The van der Waals surface area contributed by atoms with Crippen molar-refractivity contribution in [1.29, 1.82) is 5.26 Å². The Morgan fingerprint density at radius 3 is 2.50 bits per heavy atom. The molecule has 1 N–H and O–H groups in total. The molecule has 9 heteroatoms. The van der Waals surface area contributed by atoms with E-state index in [0.29, 0.717) is 24.5 Å². The minimum absolute atomic E-state index is 0.102. The maximum atomic E-state index is 12.2. The Kier molecular flexibility index (Phi) is 4.76. The monoisotopic (exact) mass is 454 g/mol. The molecule has 0 fully saturated rings. The number of anilines is 1. The molecular weight excluding hydrogens is 452 g/mol. The molecule has 2 rings (SSSR count). The summed E-state index contributed by atoms with van der Waals surface area (Å²) in [7, 11) is -3.72. The Hall–Kier alpha value is -0.590. The summed E-state index contributed by atoms with van der Waals surface area (Å²) in [5.74, 6) is 0. The van der Waals surface area contributed by atoms with Crippen molar-refractivity contribution in [2.24, 2.45) is 0 Å². The minimum Gasteiger partial charge on any atom is -0.278 e. The van der Waals surface area contributed by atoms with Crippen LogP contribution in [0.4, 0.5) is 5.69 Å². The van der Waals surface area contributed by atoms with Gasteiger partial charge in [-0.05, 0) is 56.1 Å². The normalized spacial score (nSPS) is 11.1. The number of hydrogen-bond donors (Lipinski definition) is 1. The standard InChI is InChI=1S/C11H5Br2ClN2O2S2/c12-7-3-6(5-15)1-2-9(7)16-20(17,18)10-4-8(14)11(13)19-10/h1-4,16H. The van der Waals surface area contributed by atoms with Crippen LogP contribution in [-0.2, 0) is 10.0 Å². The SMILES string of the molecule is N#Cc1ccc(NS(=O)(=O)c2cc(Cl)c(Br)s2)c(Br)c1. The van der Waals surface area contributed by atoms with Gasteiger partial charge in [0.1, 0.15) is 4.21 Å². The van der Waals surface area contributed by atoms with E-state index in [9.17, 15) is 8.42 Å². The van der Waals surface area contributed by atoms with E-state index in [4.69, 9.17) is 16.9 Å². The minimum atomic E-state index is -3.72. The fourth-order valence-corrected chi connectivity index (χ4v) is 5.41. The fourth-order valence-electron chi connectivity index (χ4n) is 1.32. The van der Waals surface area contributed by atoms with Gasteiger partial charge in [-0.3, -0.25) is 4.72 Å². The highest BCUT2D eigenvalue weighted by atomic mass is 79.9. The van der Waals surface area contributed by atoms with Crippen molar-refractivity contribution in [1.82, 2.24) is 0 Å². The highest BCUT2D eigenvalue weighted by molar-refractivity contribution is 9.11. The predicted octanol–water partition coefficient (Wildman–Crippen LogP) is 4.60. The summed E-state index contributed by atoms with van der Waals surface area (Å²) in [5.41, 5.74) is 0.784. The third kappa shape index (κ3) is 3.35. The molecular formula is C11H5Br2ClN2O2S2. The van der Waals surface area contributed by atoms with Gasteiger partial charge in [0, 0.05) is 4.47 Å². The van der Waals surface area contributed by atoms with E-state index < -0.39 is 10.0 Å². The maximum absolute atomic E-state index is 12.2. The molecule has 1 aromatic heterocycles. The van der Waals surface area contributed by atoms with E-state index in [1.807, 2.05) is 6.07 Å². The van der Waals surface area contributed by atoms with E-state index >= 15 is 0 Å². The number of sulfonamides is 1. The summed E-state index contributed by atoms with van der Waals surface area (Å²) in [5, 5.41) is 9.11. The topological polar surface area (TPSA) is 70.0 Å². The fraction of sp³-hybridized carbons (Fsp3) is 0. The number of nitriles is 1. The molecule has 0 bridgehead atoms. The van der Waals surface area contributed by atoms with Crippen molar-refractivity contribution in [2.75, 3.05) is 4.72 Å². The van der Waals surface area contributed by atoms with E-state index in [0.717, 1.165) is 11.3 Å². The Balaban J connectivity index is 2.36. The van der Waals surface area contributed by atoms with Crippen molar-refractivity contribution >= 4 is 70.5 Å². The van der Waals surface area contributed by atoms with E-state index in [1.54, 1.807) is 0 Å². The van der Waals surface area contributed by atoms with Gasteiger partial charge in [-0.25, -0.2) is 8.42 Å². The molecule has 20 heavy (non-hydrogen) atoms. The van der Waals surface area contributed by atoms with Gasteiger partial charge in [0.05, 0.1) is 26.1 Å². The van der Waals surface area contributed by atoms with E-state index in [2.05, 4.69) is 36.6 Å². The van der Waals surface area contributed by atoms with Crippen molar-refractivity contribution in [3.05, 3.63) is 43.1 Å². The molecule has 0 radical (unpaired) electrons. The molecule has 4 nitrogen and oxygen atoms in total. The van der Waals surface area contributed by atoms with Crippen molar-refractivity contribution in [2.45, 2.75) is 4.21 Å². The van der Waals surface area contributed by atoms with Crippen LogP contribution in [0.1, 0.15) is 5.56 Å². The molecule has 104 valence electrons. The highest BCUT2D eigenvalue weighted by Crippen LogP contribution is 2.36. The Morgan fingerprint density at radius 2 is 2.00 bits per heavy atom. The molecule has 0 saturated heterocycles. The second-order valence-electron chi connectivity index (χ2n) is 3.60. The van der Waals surface area contributed by atoms with E-state index in [-0.39, 0.29) is 4.21 Å². The average Bonchev–Trinajstić information content (AvgIpc) is 2.73. The third-order valence-electron chi connectivity index (χ3n) is 2.23. The lowest BCUT2D eigenvalue weighted by atomic mass is 10.2. The van der Waals surface area contributed by atoms with Gasteiger partial charge >= 0.3 is 0 Å². The van der Waals surface area contributed by atoms with Crippen molar-refractivity contribution in [3.63, 3.8) is 0 Å². The third-order valence-corrected chi connectivity index (χ3v) is 7.20. The first kappa shape index (κ1) is 15.8. The smallest absolute Gasteiger partial charge is 0.271 e. The molecule has 0 aliphatic heterocycles. The highest BCUT2D eigenvalue weighted by Gasteiger charge is 2.20. The molecule has 0 atom stereocenters. The summed E-state index contributed by atoms with van der Waals surface area (Å²) >= 11 is 13.3. The number of rotatable bonds is 3. The molecule has 0 spiro atoms. The van der Waals surface area contributed by atoms with Gasteiger partial charge in [-0.2, -0.15) is 5.26 Å². The average molecular weight is 457 g/mol. The zero-order chi connectivity index (χ0) is 14.9. The molecule has 0 saturated carbocycles. The van der Waals surface area contributed by atoms with Crippen LogP contribution in [0, 0.1) is 11.3 Å². The number of nitrogens with zero attached hydrogens (tertiary/aromatic N) is 1. The van der Waals surface area contributed by atoms with Gasteiger partial charge in [0.25, 0.3) is 10.0 Å². The molecule has 0 aliphatic rings. The Bertz CT molecular complexity index is 793. The van der Waals surface area contributed by atoms with Crippen LogP contribution in [0.5, 0.6) is 0 Å². The number of halogens is 3. The zero-order valence-corrected chi connectivity index (χ0v) is 15.1. The van der Waals surface area contributed by atoms with Crippen LogP contribution in [0.25, 0.3) is 0 Å². The van der Waals surface area contributed by atoms with Crippen LogP contribution in [0.2, 0.25) is 5.02 Å². The van der Waals surface area contributed by atoms with Gasteiger partial charge in [0.15, 0.2) is 0 Å². The second kappa shape index (κ2) is 6.03. The quantitative estimate of drug-likeness (QED) is 0.734. The first-order valence-electron chi connectivity index (χ1n) is 5.01. The van der Waals surface area contributed by atoms with Gasteiger partial charge in [0.2, 0.25) is 0 Å². The lowest BCUT2D eigenvalue weighted by Gasteiger charge is -2.08. The molecule has 0 amide bonds. The molecule has 2 aromatic rings. The predicted molar refractivity (Wildman–Crippen MR) is 86.7 cm³/mol. The van der Waals surface area contributed by atoms with Crippen LogP contribution < -0.4 is 4.72 Å². The van der Waals surface area contributed by atoms with Crippen LogP contribution in [0.3, 0.4) is 0 Å². The van der Waals surface area contributed by atoms with Gasteiger partial charge in [-0.1, -0.05) is 11.6 Å². The van der Waals surface area contributed by atoms with Gasteiger partial charge in [-0.15, -0.1) is 11.3 Å². The summed E-state index contributed by atoms with van der Waals surface area (Å²) in [6, 6.07) is 7.93. The van der Waals surface area contributed by atoms with E-state index in [1.165, 1.54) is 24.3 Å². The summed E-state index contributed by atoms with van der Waals surface area (Å²) in [6.45, 7) is 0. The van der Waals surface area contributed by atoms with Crippen molar-refractivity contribution in [3.8, 4) is 6.07 Å². The lowest BCUT2D eigenvalue weighted by Crippen LogP contribution is -2.11. The first-order valence-corrected chi connectivity index (χ1v) is 9.27. The lowest BCUT2D eigenvalue weighted by molar-refractivity contribution is 0.603. The zero-order valence-electron chi connectivity index (χ0n) is 9.52. The van der Waals surface area contributed by atoms with Crippen LogP contribution in [0.15, 0.2) is 36.7 Å². The molecule has 0 aliphatic carbocycles. The number of hydrogen-bond acceptors (Lipinski definition) is 4. The second-order valence-corrected chi connectivity index (χ2v) is 9.14. The number of benzene rings is 1. The Morgan fingerprint density at radius 1 is 1.30 bits per heavy atom. The molecule has 1 heterocycles. The molecule has 1 aromatic carbocycles. The number of nitrogens with one attached hydrogen (secondary N) is 1. The summed E-state index contributed by atoms with van der Waals surface area (Å²) in [4.78, 5) is 0.